The first-order valence-corrected chi connectivity index (χ1v) is 2.64. The van der Waals surface area contributed by atoms with Crippen LogP contribution in [0.3, 0.4) is 0 Å². The number of aliphatic hydroxyl groups is 2. The molecule has 0 saturated carbocycles. The molecule has 3 heteroatoms. The fourth-order valence-corrected chi connectivity index (χ4v) is 0.293. The van der Waals surface area contributed by atoms with Gasteiger partial charge >= 0.3 is 0 Å². The molecule has 9 heavy (non-hydrogen) atoms. The highest BCUT2D eigenvalue weighted by atomic mass is 16.3. The van der Waals surface area contributed by atoms with Gasteiger partial charge in [-0.2, -0.15) is 0 Å². The number of hydrogen-bond acceptors (Lipinski definition) is 3. The molecule has 0 radical (unpaired) electrons. The van der Waals surface area contributed by atoms with Crippen molar-refractivity contribution in [2.45, 2.75) is 13.0 Å². The van der Waals surface area contributed by atoms with Crippen LogP contribution in [0.15, 0.2) is 24.1 Å². The fraction of sp³-hybridized carbons (Fsp3) is 0.333. The van der Waals surface area contributed by atoms with Gasteiger partial charge in [0.2, 0.25) is 0 Å². The molecule has 1 unspecified atom stereocenters. The van der Waals surface area contributed by atoms with Crippen LogP contribution in [-0.4, -0.2) is 16.3 Å². The summed E-state index contributed by atoms with van der Waals surface area (Å²) in [5.41, 5.74) is 4.96. The lowest BCUT2D eigenvalue weighted by atomic mass is 10.3. The van der Waals surface area contributed by atoms with Crippen LogP contribution in [0, 0.1) is 0 Å². The topological polar surface area (TPSA) is 66.5 Å². The summed E-state index contributed by atoms with van der Waals surface area (Å²) in [5, 5.41) is 17.4. The number of nitrogens with two attached hydrogens (primary N) is 1. The predicted octanol–water partition coefficient (Wildman–Crippen LogP) is 0.281. The number of rotatable bonds is 2. The Bertz CT molecular complexity index is 127. The Morgan fingerprint density at radius 1 is 1.67 bits per heavy atom. The second-order valence-electron chi connectivity index (χ2n) is 1.65. The zero-order chi connectivity index (χ0) is 7.28. The molecule has 0 fully saturated rings. The number of aliphatic hydroxyl groups excluding tert-OH is 2. The predicted molar refractivity (Wildman–Crippen MR) is 35.7 cm³/mol. The Labute approximate surface area is 54.1 Å². The van der Waals surface area contributed by atoms with Crippen molar-refractivity contribution in [1.82, 2.24) is 0 Å². The van der Waals surface area contributed by atoms with Gasteiger partial charge < -0.3 is 15.9 Å². The molecule has 0 saturated heterocycles. The molecular weight excluding hydrogens is 118 g/mol. The van der Waals surface area contributed by atoms with Crippen LogP contribution in [0.1, 0.15) is 6.92 Å². The van der Waals surface area contributed by atoms with Gasteiger partial charge in [0.05, 0.1) is 0 Å². The van der Waals surface area contributed by atoms with Crippen molar-refractivity contribution in [3.8, 4) is 0 Å². The summed E-state index contributed by atoms with van der Waals surface area (Å²) in [4.78, 5) is 0. The number of allylic oxidation sites excluding steroid dienone is 2. The molecule has 52 valence electrons. The van der Waals surface area contributed by atoms with Gasteiger partial charge in [-0.05, 0) is 25.3 Å². The van der Waals surface area contributed by atoms with E-state index in [1.54, 1.807) is 0 Å². The molecule has 0 heterocycles. The van der Waals surface area contributed by atoms with Crippen LogP contribution in [0.25, 0.3) is 0 Å². The summed E-state index contributed by atoms with van der Waals surface area (Å²) in [6, 6.07) is 0. The van der Waals surface area contributed by atoms with Crippen LogP contribution in [0.4, 0.5) is 0 Å². The first-order valence-electron chi connectivity index (χ1n) is 2.64. The first kappa shape index (κ1) is 8.04. The monoisotopic (exact) mass is 129 g/mol. The Morgan fingerprint density at radius 2 is 2.22 bits per heavy atom. The van der Waals surface area contributed by atoms with Crippen LogP contribution in [0.5, 0.6) is 0 Å². The molecule has 0 rings (SSSR count). The van der Waals surface area contributed by atoms with Crippen molar-refractivity contribution in [3.05, 3.63) is 24.1 Å². The van der Waals surface area contributed by atoms with E-state index < -0.39 is 6.10 Å². The van der Waals surface area contributed by atoms with Crippen molar-refractivity contribution in [3.63, 3.8) is 0 Å². The molecule has 0 aliphatic heterocycles. The lowest BCUT2D eigenvalue weighted by Gasteiger charge is -1.98. The van der Waals surface area contributed by atoms with Crippen molar-refractivity contribution in [2.24, 2.45) is 5.73 Å². The largest absolute Gasteiger partial charge is 0.510 e. The van der Waals surface area contributed by atoms with Crippen LogP contribution >= 0.6 is 0 Å². The summed E-state index contributed by atoms with van der Waals surface area (Å²) >= 11 is 0. The zero-order valence-electron chi connectivity index (χ0n) is 5.28. The standard InChI is InChI=1S/C6H11NO2/c1-5(8)6(9)3-2-4-7/h2-5,8-9H,7H2,1H3/b4-2-,6-3+. The van der Waals surface area contributed by atoms with Gasteiger partial charge in [-0.25, -0.2) is 0 Å². The second kappa shape index (κ2) is 3.97. The van der Waals surface area contributed by atoms with Crippen LogP contribution < -0.4 is 5.73 Å². The van der Waals surface area contributed by atoms with E-state index in [0.29, 0.717) is 0 Å². The molecule has 0 bridgehead atoms. The van der Waals surface area contributed by atoms with Gasteiger partial charge in [0.15, 0.2) is 0 Å². The lowest BCUT2D eigenvalue weighted by molar-refractivity contribution is 0.170. The maximum absolute atomic E-state index is 8.76. The Kier molecular flexibility index (Phi) is 3.55. The molecule has 4 N–H and O–H groups in total. The highest BCUT2D eigenvalue weighted by Crippen LogP contribution is 1.94. The molecule has 0 aliphatic rings. The molecule has 0 spiro atoms. The fourth-order valence-electron chi connectivity index (χ4n) is 0.293. The average Bonchev–Trinajstić information content (AvgIpc) is 1.82. The van der Waals surface area contributed by atoms with Crippen LogP contribution in [-0.2, 0) is 0 Å². The van der Waals surface area contributed by atoms with E-state index in [1.807, 2.05) is 0 Å². The Balaban J connectivity index is 3.84. The highest BCUT2D eigenvalue weighted by molar-refractivity contribution is 5.07. The molecule has 0 amide bonds. The van der Waals surface area contributed by atoms with Gasteiger partial charge in [0.1, 0.15) is 11.9 Å². The van der Waals surface area contributed by atoms with Gasteiger partial charge in [-0.3, -0.25) is 0 Å². The van der Waals surface area contributed by atoms with E-state index in [1.165, 1.54) is 25.3 Å². The quantitative estimate of drug-likeness (QED) is 0.370. The van der Waals surface area contributed by atoms with Crippen molar-refractivity contribution in [2.75, 3.05) is 0 Å². The summed E-state index contributed by atoms with van der Waals surface area (Å²) < 4.78 is 0. The van der Waals surface area contributed by atoms with Crippen molar-refractivity contribution < 1.29 is 10.2 Å². The minimum Gasteiger partial charge on any atom is -0.510 e. The van der Waals surface area contributed by atoms with E-state index >= 15 is 0 Å². The SMILES string of the molecule is CC(O)/C(O)=C\C=C/N. The maximum Gasteiger partial charge on any atom is 0.120 e. The van der Waals surface area contributed by atoms with Gasteiger partial charge in [0.25, 0.3) is 0 Å². The van der Waals surface area contributed by atoms with Crippen molar-refractivity contribution in [1.29, 1.82) is 0 Å². The molecule has 0 aliphatic carbocycles. The van der Waals surface area contributed by atoms with Gasteiger partial charge in [-0.15, -0.1) is 0 Å². The minimum atomic E-state index is -0.818. The summed E-state index contributed by atoms with van der Waals surface area (Å²) in [7, 11) is 0. The third-order valence-corrected chi connectivity index (χ3v) is 0.806. The molecule has 0 aromatic rings. The van der Waals surface area contributed by atoms with E-state index in [2.05, 4.69) is 0 Å². The maximum atomic E-state index is 8.76. The van der Waals surface area contributed by atoms with E-state index in [-0.39, 0.29) is 5.76 Å². The smallest absolute Gasteiger partial charge is 0.120 e. The van der Waals surface area contributed by atoms with E-state index in [9.17, 15) is 0 Å². The zero-order valence-corrected chi connectivity index (χ0v) is 5.28. The molecular formula is C6H11NO2. The van der Waals surface area contributed by atoms with Gasteiger partial charge in [0, 0.05) is 0 Å². The third kappa shape index (κ3) is 3.61. The highest BCUT2D eigenvalue weighted by Gasteiger charge is 1.97. The second-order valence-corrected chi connectivity index (χ2v) is 1.65. The summed E-state index contributed by atoms with van der Waals surface area (Å²) in [5.74, 6) is -0.0864. The van der Waals surface area contributed by atoms with Gasteiger partial charge in [-0.1, -0.05) is 0 Å². The van der Waals surface area contributed by atoms with Crippen LogP contribution in [0.2, 0.25) is 0 Å². The number of hydrogen-bond donors (Lipinski definition) is 3. The van der Waals surface area contributed by atoms with E-state index in [0.717, 1.165) is 0 Å². The molecule has 0 aromatic heterocycles. The summed E-state index contributed by atoms with van der Waals surface area (Å²) in [6.45, 7) is 1.47. The molecule has 3 nitrogen and oxygen atoms in total. The molecule has 1 atom stereocenters. The third-order valence-electron chi connectivity index (χ3n) is 0.806. The van der Waals surface area contributed by atoms with Crippen molar-refractivity contribution >= 4 is 0 Å². The normalized spacial score (nSPS) is 16.4. The Morgan fingerprint density at radius 3 is 2.56 bits per heavy atom. The summed E-state index contributed by atoms with van der Waals surface area (Å²) in [6.07, 6.45) is 3.24. The lowest BCUT2D eigenvalue weighted by Crippen LogP contribution is -2.02. The first-order chi connectivity index (χ1) is 4.18. The average molecular weight is 129 g/mol. The Hall–Kier alpha value is -0.960. The minimum absolute atomic E-state index is 0.0864. The van der Waals surface area contributed by atoms with E-state index in [4.69, 9.17) is 15.9 Å². The molecule has 0 aromatic carbocycles.